The summed E-state index contributed by atoms with van der Waals surface area (Å²) in [5.74, 6) is -0.990. The first-order valence-electron chi connectivity index (χ1n) is 9.60. The highest BCUT2D eigenvalue weighted by atomic mass is 19.3. The number of alkyl halides is 4. The average molecular weight is 438 g/mol. The summed E-state index contributed by atoms with van der Waals surface area (Å²) < 4.78 is 63.0. The highest BCUT2D eigenvalue weighted by Crippen LogP contribution is 2.28. The van der Waals surface area contributed by atoms with E-state index >= 15 is 0 Å². The van der Waals surface area contributed by atoms with E-state index in [0.29, 0.717) is 18.9 Å². The molecule has 1 fully saturated rings. The van der Waals surface area contributed by atoms with Crippen molar-refractivity contribution in [1.82, 2.24) is 19.4 Å². The van der Waals surface area contributed by atoms with Gasteiger partial charge in [-0.15, -0.1) is 0 Å². The number of halogens is 4. The third-order valence-electron chi connectivity index (χ3n) is 4.88. The predicted octanol–water partition coefficient (Wildman–Crippen LogP) is 3.98. The number of carbonyl (C=O) groups excluding carboxylic acids is 1. The Kier molecular flexibility index (Phi) is 6.12. The number of hydrogen-bond acceptors (Lipinski definition) is 6. The lowest BCUT2D eigenvalue weighted by Crippen LogP contribution is -2.15. The van der Waals surface area contributed by atoms with Crippen molar-refractivity contribution in [2.24, 2.45) is 0 Å². The quantitative estimate of drug-likeness (QED) is 0.410. The molecule has 0 radical (unpaired) electrons. The van der Waals surface area contributed by atoms with Crippen molar-refractivity contribution in [3.8, 4) is 5.88 Å². The normalized spacial score (nSPS) is 16.9. The topological polar surface area (TPSA) is 78.6 Å². The number of rotatable bonds is 7. The molecule has 4 rings (SSSR count). The van der Waals surface area contributed by atoms with Gasteiger partial charge in [0, 0.05) is 24.9 Å². The summed E-state index contributed by atoms with van der Waals surface area (Å²) in [4.78, 5) is 24.6. The minimum atomic E-state index is -3.13. The van der Waals surface area contributed by atoms with Crippen molar-refractivity contribution < 1.29 is 31.8 Å². The number of ether oxygens (including phenoxy) is 2. The van der Waals surface area contributed by atoms with Crippen molar-refractivity contribution in [2.45, 2.75) is 38.2 Å². The van der Waals surface area contributed by atoms with Crippen LogP contribution in [0.3, 0.4) is 0 Å². The summed E-state index contributed by atoms with van der Waals surface area (Å²) in [5.41, 5.74) is 0.165. The smallest absolute Gasteiger partial charge is 0.388 e. The van der Waals surface area contributed by atoms with Crippen LogP contribution < -0.4 is 4.74 Å². The Balaban J connectivity index is 1.65. The van der Waals surface area contributed by atoms with Gasteiger partial charge in [-0.25, -0.2) is 23.7 Å². The molecule has 1 unspecified atom stereocenters. The van der Waals surface area contributed by atoms with E-state index in [-0.39, 0.29) is 29.4 Å². The molecule has 164 valence electrons. The van der Waals surface area contributed by atoms with Gasteiger partial charge in [-0.05, 0) is 25.0 Å². The first kappa shape index (κ1) is 21.2. The number of imidazole rings is 1. The first-order valence-corrected chi connectivity index (χ1v) is 9.60. The SMILES string of the molecule is O=C(Cc1cn2cc(C3CCCOC3)nc2c(OC(F)F)n1)c1cccc(C(F)F)n1. The van der Waals surface area contributed by atoms with Crippen molar-refractivity contribution in [3.63, 3.8) is 0 Å². The summed E-state index contributed by atoms with van der Waals surface area (Å²) in [6.07, 6.45) is 1.69. The maximum Gasteiger partial charge on any atom is 0.388 e. The zero-order valence-electron chi connectivity index (χ0n) is 16.2. The van der Waals surface area contributed by atoms with Crippen LogP contribution in [0.15, 0.2) is 30.6 Å². The Hall–Kier alpha value is -3.08. The fraction of sp³-hybridized carbons (Fsp3) is 0.400. The van der Waals surface area contributed by atoms with E-state index in [9.17, 15) is 22.4 Å². The molecule has 3 aromatic rings. The van der Waals surface area contributed by atoms with Crippen molar-refractivity contribution in [1.29, 1.82) is 0 Å². The molecule has 7 nitrogen and oxygen atoms in total. The zero-order valence-corrected chi connectivity index (χ0v) is 16.2. The second-order valence-electron chi connectivity index (χ2n) is 7.07. The Bertz CT molecular complexity index is 1080. The van der Waals surface area contributed by atoms with Crippen LogP contribution in [0.5, 0.6) is 5.88 Å². The number of hydrogen-bond donors (Lipinski definition) is 0. The van der Waals surface area contributed by atoms with E-state index in [0.717, 1.165) is 18.9 Å². The van der Waals surface area contributed by atoms with Crippen molar-refractivity contribution >= 4 is 11.4 Å². The standard InChI is InChI=1S/C20H18F4N4O3/c21-17(22)14-5-1-4-13(26-14)16(29)7-12-8-28-9-15(11-3-2-6-30-10-11)27-18(28)19(25-12)31-20(23)24/h1,4-5,8-9,11,17,20H,2-3,6-7,10H2. The molecule has 0 aromatic carbocycles. The third-order valence-corrected chi connectivity index (χ3v) is 4.88. The predicted molar refractivity (Wildman–Crippen MR) is 99.6 cm³/mol. The molecule has 0 N–H and O–H groups in total. The van der Waals surface area contributed by atoms with Gasteiger partial charge in [0.1, 0.15) is 11.4 Å². The van der Waals surface area contributed by atoms with Gasteiger partial charge in [-0.3, -0.25) is 4.79 Å². The molecule has 0 amide bonds. The second kappa shape index (κ2) is 8.96. The molecule has 3 aromatic heterocycles. The number of Topliss-reactive ketones (excluding diaryl/α,β-unsaturated/α-hetero) is 1. The van der Waals surface area contributed by atoms with E-state index in [1.807, 2.05) is 0 Å². The van der Waals surface area contributed by atoms with Crippen LogP contribution in [0.25, 0.3) is 5.65 Å². The van der Waals surface area contributed by atoms with Gasteiger partial charge < -0.3 is 13.9 Å². The van der Waals surface area contributed by atoms with Gasteiger partial charge in [0.05, 0.1) is 24.4 Å². The molecular formula is C20H18F4N4O3. The van der Waals surface area contributed by atoms with Crippen LogP contribution in [0.4, 0.5) is 17.6 Å². The fourth-order valence-corrected chi connectivity index (χ4v) is 3.44. The third kappa shape index (κ3) is 4.82. The maximum atomic E-state index is 12.9. The van der Waals surface area contributed by atoms with E-state index < -0.39 is 30.4 Å². The number of nitrogens with zero attached hydrogens (tertiary/aromatic N) is 4. The van der Waals surface area contributed by atoms with Gasteiger partial charge in [-0.1, -0.05) is 6.07 Å². The van der Waals surface area contributed by atoms with Gasteiger partial charge in [0.15, 0.2) is 5.78 Å². The van der Waals surface area contributed by atoms with E-state index in [4.69, 9.17) is 4.74 Å². The van der Waals surface area contributed by atoms with Gasteiger partial charge in [0.25, 0.3) is 12.3 Å². The molecule has 0 bridgehead atoms. The summed E-state index contributed by atoms with van der Waals surface area (Å²) in [5, 5.41) is 0. The Labute approximate surface area is 174 Å². The molecular weight excluding hydrogens is 420 g/mol. The highest BCUT2D eigenvalue weighted by Gasteiger charge is 2.23. The van der Waals surface area contributed by atoms with Crippen molar-refractivity contribution in [2.75, 3.05) is 13.2 Å². The zero-order chi connectivity index (χ0) is 22.0. The number of fused-ring (bicyclic) bond motifs is 1. The second-order valence-corrected chi connectivity index (χ2v) is 7.07. The first-order chi connectivity index (χ1) is 14.9. The molecule has 0 aliphatic carbocycles. The van der Waals surface area contributed by atoms with Gasteiger partial charge in [0.2, 0.25) is 5.65 Å². The number of aromatic nitrogens is 4. The molecule has 4 heterocycles. The van der Waals surface area contributed by atoms with E-state index in [1.165, 1.54) is 22.7 Å². The monoisotopic (exact) mass is 438 g/mol. The minimum Gasteiger partial charge on any atom is -0.413 e. The summed E-state index contributed by atoms with van der Waals surface area (Å²) in [7, 11) is 0. The largest absolute Gasteiger partial charge is 0.413 e. The molecule has 1 saturated heterocycles. The minimum absolute atomic E-state index is 0.0134. The Morgan fingerprint density at radius 2 is 2.03 bits per heavy atom. The molecule has 11 heteroatoms. The lowest BCUT2D eigenvalue weighted by molar-refractivity contribution is -0.0522. The number of pyridine rings is 1. The van der Waals surface area contributed by atoms with Crippen molar-refractivity contribution in [3.05, 3.63) is 53.4 Å². The van der Waals surface area contributed by atoms with Gasteiger partial charge in [-0.2, -0.15) is 8.78 Å². The molecule has 31 heavy (non-hydrogen) atoms. The lowest BCUT2D eigenvalue weighted by atomic mass is 9.99. The van der Waals surface area contributed by atoms with Crippen LogP contribution in [-0.2, 0) is 11.2 Å². The summed E-state index contributed by atoms with van der Waals surface area (Å²) >= 11 is 0. The van der Waals surface area contributed by atoms with E-state index in [2.05, 4.69) is 19.7 Å². The average Bonchev–Trinajstić information content (AvgIpc) is 3.18. The molecule has 1 aliphatic heterocycles. The van der Waals surface area contributed by atoms with Crippen LogP contribution in [-0.4, -0.2) is 45.0 Å². The fourth-order valence-electron chi connectivity index (χ4n) is 3.44. The lowest BCUT2D eigenvalue weighted by Gasteiger charge is -2.19. The Morgan fingerprint density at radius 1 is 1.19 bits per heavy atom. The number of ketones is 1. The summed E-state index contributed by atoms with van der Waals surface area (Å²) in [6, 6.07) is 3.72. The van der Waals surface area contributed by atoms with Crippen LogP contribution in [0.2, 0.25) is 0 Å². The maximum absolute atomic E-state index is 12.9. The molecule has 0 saturated carbocycles. The number of carbonyl (C=O) groups is 1. The highest BCUT2D eigenvalue weighted by molar-refractivity contribution is 5.95. The van der Waals surface area contributed by atoms with Crippen LogP contribution >= 0.6 is 0 Å². The molecule has 0 spiro atoms. The van der Waals surface area contributed by atoms with Crippen LogP contribution in [0, 0.1) is 0 Å². The van der Waals surface area contributed by atoms with Gasteiger partial charge >= 0.3 is 6.61 Å². The van der Waals surface area contributed by atoms with E-state index in [1.54, 1.807) is 6.20 Å². The molecule has 1 aliphatic rings. The molecule has 1 atom stereocenters. The van der Waals surface area contributed by atoms with Crippen LogP contribution in [0.1, 0.15) is 52.8 Å². The summed E-state index contributed by atoms with van der Waals surface area (Å²) in [6.45, 7) is -2.00. The Morgan fingerprint density at radius 3 is 2.74 bits per heavy atom.